The maximum Gasteiger partial charge on any atom is 0.270 e. The van der Waals surface area contributed by atoms with Gasteiger partial charge in [0.1, 0.15) is 11.4 Å². The molecule has 4 saturated carbocycles. The quantitative estimate of drug-likeness (QED) is 0.567. The van der Waals surface area contributed by atoms with E-state index in [2.05, 4.69) is 10.3 Å². The zero-order valence-corrected chi connectivity index (χ0v) is 16.3. The van der Waals surface area contributed by atoms with Gasteiger partial charge in [0, 0.05) is 18.2 Å². The summed E-state index contributed by atoms with van der Waals surface area (Å²) in [5, 5.41) is 13.4. The average Bonchev–Trinajstić information content (AvgIpc) is 2.68. The Morgan fingerprint density at radius 1 is 1.13 bits per heavy atom. The van der Waals surface area contributed by atoms with Crippen molar-refractivity contribution in [3.63, 3.8) is 0 Å². The Kier molecular flexibility index (Phi) is 4.45. The second-order valence-electron chi connectivity index (χ2n) is 8.96. The minimum absolute atomic E-state index is 0.112. The first-order chi connectivity index (χ1) is 14.4. The molecule has 1 N–H and O–H groups in total. The van der Waals surface area contributed by atoms with Crippen molar-refractivity contribution in [3.05, 3.63) is 58.0 Å². The summed E-state index contributed by atoms with van der Waals surface area (Å²) in [4.78, 5) is 26.9. The number of nitro groups is 1. The lowest BCUT2D eigenvalue weighted by Gasteiger charge is -2.55. The summed E-state index contributed by atoms with van der Waals surface area (Å²) >= 11 is 0. The van der Waals surface area contributed by atoms with Crippen molar-refractivity contribution in [2.24, 2.45) is 17.8 Å². The first-order valence-corrected chi connectivity index (χ1v) is 10.3. The van der Waals surface area contributed by atoms with Crippen LogP contribution in [0.25, 0.3) is 0 Å². The molecule has 0 spiro atoms. The van der Waals surface area contributed by atoms with Crippen molar-refractivity contribution >= 4 is 17.3 Å². The fraction of sp³-hybridized carbons (Fsp3) is 0.455. The van der Waals surface area contributed by atoms with Crippen LogP contribution in [-0.2, 0) is 0 Å². The van der Waals surface area contributed by atoms with Gasteiger partial charge in [-0.05, 0) is 68.4 Å². The van der Waals surface area contributed by atoms with E-state index in [1.807, 2.05) is 0 Å². The third-order valence-corrected chi connectivity index (χ3v) is 6.70. The number of hydrogen-bond donors (Lipinski definition) is 1. The van der Waals surface area contributed by atoms with Crippen LogP contribution < -0.4 is 10.1 Å². The number of amides is 1. The Morgan fingerprint density at radius 3 is 2.37 bits per heavy atom. The molecule has 6 rings (SSSR count). The molecule has 0 saturated heterocycles. The predicted octanol–water partition coefficient (Wildman–Crippen LogP) is 4.73. The fourth-order valence-corrected chi connectivity index (χ4v) is 5.89. The number of carbonyl (C=O) groups is 1. The zero-order valence-electron chi connectivity index (χ0n) is 16.3. The van der Waals surface area contributed by atoms with Crippen molar-refractivity contribution in [1.82, 2.24) is 4.98 Å². The maximum absolute atomic E-state index is 13.9. The molecule has 156 valence electrons. The number of rotatable bonds is 5. The number of non-ortho nitro benzene ring substituents is 1. The first kappa shape index (κ1) is 19.0. The average molecular weight is 411 g/mol. The molecule has 1 aromatic heterocycles. The number of nitrogens with one attached hydrogen (secondary N) is 1. The highest BCUT2D eigenvalue weighted by Crippen LogP contribution is 2.56. The van der Waals surface area contributed by atoms with Crippen molar-refractivity contribution in [1.29, 1.82) is 0 Å². The van der Waals surface area contributed by atoms with Crippen LogP contribution in [-0.4, -0.2) is 21.4 Å². The molecular formula is C22H22FN3O4. The van der Waals surface area contributed by atoms with Crippen molar-refractivity contribution < 1.29 is 18.8 Å². The fourth-order valence-electron chi connectivity index (χ4n) is 5.89. The molecule has 4 aliphatic rings. The molecule has 1 aromatic carbocycles. The molecule has 8 heteroatoms. The van der Waals surface area contributed by atoms with E-state index < -0.39 is 22.2 Å². The lowest BCUT2D eigenvalue weighted by molar-refractivity contribution is -0.384. The summed E-state index contributed by atoms with van der Waals surface area (Å²) in [5.74, 6) is 1.22. The van der Waals surface area contributed by atoms with E-state index in [0.29, 0.717) is 11.6 Å². The van der Waals surface area contributed by atoms with E-state index in [1.165, 1.54) is 25.5 Å². The number of carbonyl (C=O) groups excluding carboxylic acids is 1. The molecule has 0 aliphatic heterocycles. The molecule has 30 heavy (non-hydrogen) atoms. The maximum atomic E-state index is 13.9. The Hall–Kier alpha value is -3.03. The van der Waals surface area contributed by atoms with Crippen LogP contribution in [0.4, 0.5) is 15.8 Å². The largest absolute Gasteiger partial charge is 0.471 e. The van der Waals surface area contributed by atoms with Gasteiger partial charge in [-0.1, -0.05) is 0 Å². The highest BCUT2D eigenvalue weighted by atomic mass is 19.1. The van der Waals surface area contributed by atoms with Gasteiger partial charge in [-0.15, -0.1) is 0 Å². The van der Waals surface area contributed by atoms with Crippen LogP contribution >= 0.6 is 0 Å². The van der Waals surface area contributed by atoms with Crippen LogP contribution in [0.3, 0.4) is 0 Å². The van der Waals surface area contributed by atoms with E-state index in [0.717, 1.165) is 55.2 Å². The standard InChI is InChI=1S/C22H22FN3O4/c23-19-3-2-17(26(28)29)8-18(19)21(27)25-16-1-4-20(24-12-16)30-22-9-13-5-14(10-22)7-15(6-13)11-22/h1-4,8,12-15H,5-7,9-11H2,(H,25,27). The summed E-state index contributed by atoms with van der Waals surface area (Å²) in [7, 11) is 0. The van der Waals surface area contributed by atoms with Crippen LogP contribution in [0.1, 0.15) is 48.9 Å². The Morgan fingerprint density at radius 2 is 1.80 bits per heavy atom. The number of nitro benzene ring substituents is 1. The summed E-state index contributed by atoms with van der Waals surface area (Å²) in [5.41, 5.74) is -0.487. The van der Waals surface area contributed by atoms with Crippen LogP contribution in [0, 0.1) is 33.7 Å². The molecule has 2 aromatic rings. The van der Waals surface area contributed by atoms with Gasteiger partial charge < -0.3 is 10.1 Å². The molecule has 4 bridgehead atoms. The van der Waals surface area contributed by atoms with Crippen LogP contribution in [0.15, 0.2) is 36.5 Å². The summed E-state index contributed by atoms with van der Waals surface area (Å²) in [6.07, 6.45) is 8.71. The number of aromatic nitrogens is 1. The van der Waals surface area contributed by atoms with Gasteiger partial charge in [0.05, 0.1) is 22.4 Å². The van der Waals surface area contributed by atoms with E-state index in [4.69, 9.17) is 4.74 Å². The molecule has 0 radical (unpaired) electrons. The Bertz CT molecular complexity index is 973. The molecule has 4 fully saturated rings. The van der Waals surface area contributed by atoms with Gasteiger partial charge >= 0.3 is 0 Å². The molecule has 4 aliphatic carbocycles. The SMILES string of the molecule is O=C(Nc1ccc(OC23CC4CC(CC(C4)C2)C3)nc1)c1cc([N+](=O)[O-])ccc1F. The first-order valence-electron chi connectivity index (χ1n) is 10.3. The highest BCUT2D eigenvalue weighted by molar-refractivity contribution is 6.04. The lowest BCUT2D eigenvalue weighted by atomic mass is 9.54. The second kappa shape index (κ2) is 7.04. The van der Waals surface area contributed by atoms with Gasteiger partial charge in [-0.2, -0.15) is 0 Å². The number of anilines is 1. The molecule has 1 amide bonds. The van der Waals surface area contributed by atoms with E-state index in [9.17, 15) is 19.3 Å². The minimum atomic E-state index is -0.826. The van der Waals surface area contributed by atoms with Gasteiger partial charge in [0.2, 0.25) is 5.88 Å². The smallest absolute Gasteiger partial charge is 0.270 e. The van der Waals surface area contributed by atoms with Crippen LogP contribution in [0.2, 0.25) is 0 Å². The van der Waals surface area contributed by atoms with Crippen molar-refractivity contribution in [2.45, 2.75) is 44.1 Å². The molecule has 7 nitrogen and oxygen atoms in total. The van der Waals surface area contributed by atoms with E-state index in [1.54, 1.807) is 12.1 Å². The minimum Gasteiger partial charge on any atom is -0.471 e. The number of benzene rings is 1. The number of pyridine rings is 1. The number of hydrogen-bond acceptors (Lipinski definition) is 5. The number of halogens is 1. The Balaban J connectivity index is 1.27. The van der Waals surface area contributed by atoms with Gasteiger partial charge in [0.25, 0.3) is 11.6 Å². The Labute approximate surface area is 172 Å². The number of nitrogens with zero attached hydrogens (tertiary/aromatic N) is 2. The monoisotopic (exact) mass is 411 g/mol. The van der Waals surface area contributed by atoms with Gasteiger partial charge in [-0.3, -0.25) is 14.9 Å². The zero-order chi connectivity index (χ0) is 20.9. The molecule has 0 atom stereocenters. The van der Waals surface area contributed by atoms with E-state index in [-0.39, 0.29) is 11.3 Å². The van der Waals surface area contributed by atoms with Gasteiger partial charge in [-0.25, -0.2) is 9.37 Å². The third kappa shape index (κ3) is 3.51. The second-order valence-corrected chi connectivity index (χ2v) is 8.96. The van der Waals surface area contributed by atoms with Crippen LogP contribution in [0.5, 0.6) is 5.88 Å². The molecular weight excluding hydrogens is 389 g/mol. The summed E-state index contributed by atoms with van der Waals surface area (Å²) < 4.78 is 20.3. The lowest BCUT2D eigenvalue weighted by Crippen LogP contribution is -2.53. The highest BCUT2D eigenvalue weighted by Gasteiger charge is 2.52. The van der Waals surface area contributed by atoms with Crippen molar-refractivity contribution in [3.8, 4) is 5.88 Å². The number of ether oxygens (including phenoxy) is 1. The third-order valence-electron chi connectivity index (χ3n) is 6.70. The molecule has 0 unspecified atom stereocenters. The van der Waals surface area contributed by atoms with E-state index >= 15 is 0 Å². The summed E-state index contributed by atoms with van der Waals surface area (Å²) in [6, 6.07) is 6.20. The predicted molar refractivity (Wildman–Crippen MR) is 107 cm³/mol. The summed E-state index contributed by atoms with van der Waals surface area (Å²) in [6.45, 7) is 0. The van der Waals surface area contributed by atoms with Gasteiger partial charge in [0.15, 0.2) is 0 Å². The normalized spacial score (nSPS) is 28.9. The topological polar surface area (TPSA) is 94.4 Å². The van der Waals surface area contributed by atoms with Crippen molar-refractivity contribution in [2.75, 3.05) is 5.32 Å². The molecule has 1 heterocycles.